The number of Topliss-reactive ketones (excluding diaryl/α,β-unsaturated/α-hetero) is 1. The summed E-state index contributed by atoms with van der Waals surface area (Å²) in [5, 5.41) is 10.7. The molecule has 23 heavy (non-hydrogen) atoms. The monoisotopic (exact) mass is 314 g/mol. The Hall–Kier alpha value is -2.33. The van der Waals surface area contributed by atoms with Crippen LogP contribution >= 0.6 is 0 Å². The van der Waals surface area contributed by atoms with Crippen LogP contribution in [0.15, 0.2) is 36.4 Å². The van der Waals surface area contributed by atoms with Crippen molar-refractivity contribution >= 4 is 5.78 Å². The maximum Gasteiger partial charge on any atom is 0.167 e. The standard InChI is InChI=1S/C19H22O4/c1-12-9-17(23-11-14(3)20)10-13(2)18(12)19(21)15-5-7-16(22-4)8-6-15/h5-10,19,21H,11H2,1-4H3. The van der Waals surface area contributed by atoms with Crippen LogP contribution in [0.5, 0.6) is 11.5 Å². The molecule has 2 rings (SSSR count). The maximum absolute atomic E-state index is 11.0. The molecule has 0 aliphatic carbocycles. The van der Waals surface area contributed by atoms with Crippen molar-refractivity contribution in [2.24, 2.45) is 0 Å². The highest BCUT2D eigenvalue weighted by atomic mass is 16.5. The largest absolute Gasteiger partial charge is 0.497 e. The van der Waals surface area contributed by atoms with E-state index in [1.54, 1.807) is 7.11 Å². The topological polar surface area (TPSA) is 55.8 Å². The number of hydrogen-bond acceptors (Lipinski definition) is 4. The SMILES string of the molecule is COc1ccc(C(O)c2c(C)cc(OCC(C)=O)cc2C)cc1. The first-order valence-electron chi connectivity index (χ1n) is 7.47. The van der Waals surface area contributed by atoms with Gasteiger partial charge < -0.3 is 14.6 Å². The van der Waals surface area contributed by atoms with E-state index in [0.29, 0.717) is 5.75 Å². The molecule has 0 saturated heterocycles. The van der Waals surface area contributed by atoms with E-state index in [4.69, 9.17) is 9.47 Å². The van der Waals surface area contributed by atoms with E-state index in [1.807, 2.05) is 50.2 Å². The van der Waals surface area contributed by atoms with E-state index < -0.39 is 6.10 Å². The molecule has 0 heterocycles. The molecule has 122 valence electrons. The van der Waals surface area contributed by atoms with E-state index >= 15 is 0 Å². The average Bonchev–Trinajstić information content (AvgIpc) is 2.52. The molecule has 4 nitrogen and oxygen atoms in total. The summed E-state index contributed by atoms with van der Waals surface area (Å²) in [5.74, 6) is 1.37. The minimum Gasteiger partial charge on any atom is -0.497 e. The average molecular weight is 314 g/mol. The van der Waals surface area contributed by atoms with Crippen molar-refractivity contribution in [3.63, 3.8) is 0 Å². The van der Waals surface area contributed by atoms with Crippen molar-refractivity contribution in [3.05, 3.63) is 58.7 Å². The fraction of sp³-hybridized carbons (Fsp3) is 0.316. The summed E-state index contributed by atoms with van der Waals surface area (Å²) in [6, 6.07) is 11.0. The van der Waals surface area contributed by atoms with Crippen LogP contribution in [-0.4, -0.2) is 24.6 Å². The lowest BCUT2D eigenvalue weighted by molar-refractivity contribution is -0.118. The molecule has 1 unspecified atom stereocenters. The summed E-state index contributed by atoms with van der Waals surface area (Å²) in [6.07, 6.45) is -0.720. The number of methoxy groups -OCH3 is 1. The minimum atomic E-state index is -0.720. The lowest BCUT2D eigenvalue weighted by Crippen LogP contribution is -2.09. The predicted octanol–water partition coefficient (Wildman–Crippen LogP) is 3.36. The second-order valence-corrected chi connectivity index (χ2v) is 5.64. The molecule has 1 atom stereocenters. The van der Waals surface area contributed by atoms with Gasteiger partial charge in [0.1, 0.15) is 24.2 Å². The molecule has 0 bridgehead atoms. The van der Waals surface area contributed by atoms with E-state index in [2.05, 4.69) is 0 Å². The Balaban J connectivity index is 2.28. The fourth-order valence-corrected chi connectivity index (χ4v) is 2.59. The molecule has 4 heteroatoms. The van der Waals surface area contributed by atoms with Gasteiger partial charge in [-0.1, -0.05) is 12.1 Å². The number of aryl methyl sites for hydroxylation is 2. The van der Waals surface area contributed by atoms with Gasteiger partial charge in [-0.2, -0.15) is 0 Å². The van der Waals surface area contributed by atoms with Gasteiger partial charge in [0.25, 0.3) is 0 Å². The minimum absolute atomic E-state index is 0.0253. The first kappa shape index (κ1) is 17.0. The summed E-state index contributed by atoms with van der Waals surface area (Å²) >= 11 is 0. The highest BCUT2D eigenvalue weighted by Crippen LogP contribution is 2.31. The zero-order chi connectivity index (χ0) is 17.0. The first-order chi connectivity index (χ1) is 10.9. The lowest BCUT2D eigenvalue weighted by Gasteiger charge is -2.19. The van der Waals surface area contributed by atoms with Gasteiger partial charge in [0.2, 0.25) is 0 Å². The van der Waals surface area contributed by atoms with Gasteiger partial charge >= 0.3 is 0 Å². The van der Waals surface area contributed by atoms with Gasteiger partial charge in [-0.25, -0.2) is 0 Å². The number of benzene rings is 2. The zero-order valence-corrected chi connectivity index (χ0v) is 13.9. The number of carbonyl (C=O) groups is 1. The summed E-state index contributed by atoms with van der Waals surface area (Å²) in [5.41, 5.74) is 3.50. The van der Waals surface area contributed by atoms with Gasteiger partial charge in [0, 0.05) is 0 Å². The third-order valence-electron chi connectivity index (χ3n) is 3.71. The molecule has 0 radical (unpaired) electrons. The summed E-state index contributed by atoms with van der Waals surface area (Å²) in [7, 11) is 1.61. The van der Waals surface area contributed by atoms with Crippen molar-refractivity contribution in [1.29, 1.82) is 0 Å². The molecule has 0 aliphatic rings. The Kier molecular flexibility index (Phi) is 5.40. The summed E-state index contributed by atoms with van der Waals surface area (Å²) in [6.45, 7) is 5.40. The summed E-state index contributed by atoms with van der Waals surface area (Å²) < 4.78 is 10.6. The van der Waals surface area contributed by atoms with Crippen LogP contribution in [0.3, 0.4) is 0 Å². The molecule has 0 aromatic heterocycles. The van der Waals surface area contributed by atoms with Gasteiger partial charge in [-0.05, 0) is 67.3 Å². The van der Waals surface area contributed by atoms with Crippen LogP contribution in [-0.2, 0) is 4.79 Å². The molecule has 2 aromatic rings. The van der Waals surface area contributed by atoms with E-state index in [9.17, 15) is 9.90 Å². The highest BCUT2D eigenvalue weighted by Gasteiger charge is 2.17. The molecule has 0 amide bonds. The van der Waals surface area contributed by atoms with Crippen molar-refractivity contribution in [1.82, 2.24) is 0 Å². The molecular formula is C19H22O4. The van der Waals surface area contributed by atoms with Gasteiger partial charge in [-0.3, -0.25) is 4.79 Å². The number of ether oxygens (including phenoxy) is 2. The quantitative estimate of drug-likeness (QED) is 0.888. The second kappa shape index (κ2) is 7.29. The third kappa shape index (κ3) is 4.11. The molecule has 0 spiro atoms. The molecule has 1 N–H and O–H groups in total. The van der Waals surface area contributed by atoms with Gasteiger partial charge in [0.15, 0.2) is 5.78 Å². The van der Waals surface area contributed by atoms with Crippen LogP contribution in [0.4, 0.5) is 0 Å². The Labute approximate surface area is 136 Å². The lowest BCUT2D eigenvalue weighted by atomic mass is 9.93. The van der Waals surface area contributed by atoms with Crippen molar-refractivity contribution < 1.29 is 19.4 Å². The van der Waals surface area contributed by atoms with Crippen LogP contribution in [0.25, 0.3) is 0 Å². The van der Waals surface area contributed by atoms with Gasteiger partial charge in [0.05, 0.1) is 7.11 Å². The number of carbonyl (C=O) groups excluding carboxylic acids is 1. The Morgan fingerprint density at radius 1 is 1.09 bits per heavy atom. The maximum atomic E-state index is 11.0. The molecule has 0 aliphatic heterocycles. The number of aliphatic hydroxyl groups is 1. The number of ketones is 1. The molecule has 0 fully saturated rings. The number of hydrogen-bond donors (Lipinski definition) is 1. The molecular weight excluding hydrogens is 292 g/mol. The highest BCUT2D eigenvalue weighted by molar-refractivity contribution is 5.77. The smallest absolute Gasteiger partial charge is 0.167 e. The second-order valence-electron chi connectivity index (χ2n) is 5.64. The van der Waals surface area contributed by atoms with Gasteiger partial charge in [-0.15, -0.1) is 0 Å². The molecule has 0 saturated carbocycles. The van der Waals surface area contributed by atoms with Crippen molar-refractivity contribution in [2.45, 2.75) is 26.9 Å². The van der Waals surface area contributed by atoms with E-state index in [1.165, 1.54) is 6.92 Å². The van der Waals surface area contributed by atoms with E-state index in [0.717, 1.165) is 28.0 Å². The van der Waals surface area contributed by atoms with Crippen LogP contribution in [0, 0.1) is 13.8 Å². The van der Waals surface area contributed by atoms with Crippen molar-refractivity contribution in [3.8, 4) is 11.5 Å². The molecule has 2 aromatic carbocycles. The van der Waals surface area contributed by atoms with Crippen LogP contribution < -0.4 is 9.47 Å². The fourth-order valence-electron chi connectivity index (χ4n) is 2.59. The number of aliphatic hydroxyl groups excluding tert-OH is 1. The summed E-state index contributed by atoms with van der Waals surface area (Å²) in [4.78, 5) is 11.0. The zero-order valence-electron chi connectivity index (χ0n) is 13.9. The van der Waals surface area contributed by atoms with Crippen molar-refractivity contribution in [2.75, 3.05) is 13.7 Å². The van der Waals surface area contributed by atoms with Crippen LogP contribution in [0.1, 0.15) is 35.3 Å². The third-order valence-corrected chi connectivity index (χ3v) is 3.71. The van der Waals surface area contributed by atoms with Crippen LogP contribution in [0.2, 0.25) is 0 Å². The predicted molar refractivity (Wildman–Crippen MR) is 89.1 cm³/mol. The Bertz CT molecular complexity index is 666. The Morgan fingerprint density at radius 3 is 2.13 bits per heavy atom. The number of rotatable bonds is 6. The van der Waals surface area contributed by atoms with E-state index in [-0.39, 0.29) is 12.4 Å². The first-order valence-corrected chi connectivity index (χ1v) is 7.47. The Morgan fingerprint density at radius 2 is 1.65 bits per heavy atom. The normalized spacial score (nSPS) is 11.9.